The van der Waals surface area contributed by atoms with Gasteiger partial charge < -0.3 is 15.4 Å². The molecular weight excluding hydrogens is 228 g/mol. The highest BCUT2D eigenvalue weighted by molar-refractivity contribution is 5.78. The molecule has 18 heavy (non-hydrogen) atoms. The number of hydrogen-bond donors (Lipinski definition) is 2. The molecule has 0 radical (unpaired) electrons. The van der Waals surface area contributed by atoms with Crippen molar-refractivity contribution >= 4 is 5.91 Å². The zero-order chi connectivity index (χ0) is 13.4. The predicted molar refractivity (Wildman–Crippen MR) is 72.5 cm³/mol. The molecule has 0 aromatic heterocycles. The van der Waals surface area contributed by atoms with E-state index in [1.54, 1.807) is 7.11 Å². The summed E-state index contributed by atoms with van der Waals surface area (Å²) in [6, 6.07) is 8.45. The fourth-order valence-corrected chi connectivity index (χ4v) is 1.66. The zero-order valence-corrected chi connectivity index (χ0v) is 11.3. The Morgan fingerprint density at radius 1 is 1.44 bits per heavy atom. The minimum absolute atomic E-state index is 0.00782. The highest BCUT2D eigenvalue weighted by Crippen LogP contribution is 2.13. The van der Waals surface area contributed by atoms with Crippen molar-refractivity contribution in [2.75, 3.05) is 26.8 Å². The largest absolute Gasteiger partial charge is 0.383 e. The fourth-order valence-electron chi connectivity index (χ4n) is 1.66. The number of methoxy groups -OCH3 is 1. The minimum Gasteiger partial charge on any atom is -0.383 e. The number of carbonyl (C=O) groups excluding carboxylic acids is 1. The third kappa shape index (κ3) is 5.29. The zero-order valence-electron chi connectivity index (χ0n) is 11.3. The molecule has 1 aromatic rings. The lowest BCUT2D eigenvalue weighted by molar-refractivity contribution is -0.120. The summed E-state index contributed by atoms with van der Waals surface area (Å²) < 4.78 is 4.87. The van der Waals surface area contributed by atoms with Crippen LogP contribution in [-0.2, 0) is 9.53 Å². The summed E-state index contributed by atoms with van der Waals surface area (Å²) in [6.45, 7) is 5.53. The second kappa shape index (κ2) is 7.84. The maximum absolute atomic E-state index is 11.5. The van der Waals surface area contributed by atoms with Gasteiger partial charge in [0, 0.05) is 19.7 Å². The lowest BCUT2D eigenvalue weighted by Gasteiger charge is -2.14. The number of nitrogens with one attached hydrogen (secondary N) is 2. The quantitative estimate of drug-likeness (QED) is 0.719. The third-order valence-corrected chi connectivity index (χ3v) is 2.74. The highest BCUT2D eigenvalue weighted by atomic mass is 16.5. The predicted octanol–water partition coefficient (Wildman–Crippen LogP) is 1.41. The Bertz CT molecular complexity index is 380. The second-order valence-electron chi connectivity index (χ2n) is 4.36. The van der Waals surface area contributed by atoms with Crippen LogP contribution in [0.1, 0.15) is 24.1 Å². The van der Waals surface area contributed by atoms with E-state index in [4.69, 9.17) is 4.74 Å². The van der Waals surface area contributed by atoms with Gasteiger partial charge in [0.1, 0.15) is 0 Å². The molecule has 0 aliphatic rings. The van der Waals surface area contributed by atoms with E-state index in [0.29, 0.717) is 19.7 Å². The average Bonchev–Trinajstić information content (AvgIpc) is 2.36. The number of carbonyl (C=O) groups is 1. The summed E-state index contributed by atoms with van der Waals surface area (Å²) >= 11 is 0. The molecule has 0 fully saturated rings. The molecule has 1 atom stereocenters. The molecule has 0 spiro atoms. The third-order valence-electron chi connectivity index (χ3n) is 2.74. The molecule has 1 amide bonds. The van der Waals surface area contributed by atoms with Crippen molar-refractivity contribution in [2.24, 2.45) is 0 Å². The molecular formula is C14H22N2O2. The molecule has 0 heterocycles. The monoisotopic (exact) mass is 250 g/mol. The van der Waals surface area contributed by atoms with Crippen LogP contribution in [0.5, 0.6) is 0 Å². The Balaban J connectivity index is 2.32. The SMILES string of the molecule is COCCNC(=O)CNC(C)c1cccc(C)c1. The van der Waals surface area contributed by atoms with Gasteiger partial charge in [-0.3, -0.25) is 4.79 Å². The van der Waals surface area contributed by atoms with E-state index in [0.717, 1.165) is 0 Å². The number of amides is 1. The van der Waals surface area contributed by atoms with Crippen LogP contribution in [-0.4, -0.2) is 32.7 Å². The van der Waals surface area contributed by atoms with E-state index < -0.39 is 0 Å². The van der Waals surface area contributed by atoms with Crippen molar-refractivity contribution in [1.82, 2.24) is 10.6 Å². The molecule has 2 N–H and O–H groups in total. The van der Waals surface area contributed by atoms with Gasteiger partial charge in [-0.1, -0.05) is 29.8 Å². The summed E-state index contributed by atoms with van der Waals surface area (Å²) in [6.07, 6.45) is 0. The molecule has 0 bridgehead atoms. The van der Waals surface area contributed by atoms with Crippen LogP contribution in [0.4, 0.5) is 0 Å². The molecule has 4 heteroatoms. The van der Waals surface area contributed by atoms with E-state index in [1.165, 1.54) is 11.1 Å². The second-order valence-corrected chi connectivity index (χ2v) is 4.36. The Hall–Kier alpha value is -1.39. The van der Waals surface area contributed by atoms with Gasteiger partial charge in [0.25, 0.3) is 0 Å². The van der Waals surface area contributed by atoms with Gasteiger partial charge in [0.05, 0.1) is 13.2 Å². The van der Waals surface area contributed by atoms with Crippen LogP contribution in [0.15, 0.2) is 24.3 Å². The summed E-state index contributed by atoms with van der Waals surface area (Å²) in [4.78, 5) is 11.5. The molecule has 1 unspecified atom stereocenters. The highest BCUT2D eigenvalue weighted by Gasteiger charge is 2.07. The maximum Gasteiger partial charge on any atom is 0.234 e. The Morgan fingerprint density at radius 2 is 2.22 bits per heavy atom. The first-order valence-corrected chi connectivity index (χ1v) is 6.19. The van der Waals surface area contributed by atoms with E-state index >= 15 is 0 Å². The molecule has 100 valence electrons. The van der Waals surface area contributed by atoms with Crippen LogP contribution < -0.4 is 10.6 Å². The summed E-state index contributed by atoms with van der Waals surface area (Å²) in [7, 11) is 1.62. The number of aryl methyl sites for hydroxylation is 1. The minimum atomic E-state index is -0.00782. The summed E-state index contributed by atoms with van der Waals surface area (Å²) in [5.74, 6) is -0.00782. The smallest absolute Gasteiger partial charge is 0.234 e. The molecule has 0 saturated heterocycles. The van der Waals surface area contributed by atoms with Crippen LogP contribution in [0.2, 0.25) is 0 Å². The average molecular weight is 250 g/mol. The lowest BCUT2D eigenvalue weighted by atomic mass is 10.1. The first kappa shape index (κ1) is 14.7. The molecule has 1 rings (SSSR count). The number of ether oxygens (including phenoxy) is 1. The normalized spacial score (nSPS) is 12.2. The topological polar surface area (TPSA) is 50.4 Å². The maximum atomic E-state index is 11.5. The van der Waals surface area contributed by atoms with Crippen LogP contribution in [0.3, 0.4) is 0 Å². The van der Waals surface area contributed by atoms with Crippen molar-refractivity contribution in [3.8, 4) is 0 Å². The summed E-state index contributed by atoms with van der Waals surface area (Å²) in [5.41, 5.74) is 2.42. The summed E-state index contributed by atoms with van der Waals surface area (Å²) in [5, 5.41) is 5.98. The van der Waals surface area contributed by atoms with Crippen molar-refractivity contribution < 1.29 is 9.53 Å². The molecule has 4 nitrogen and oxygen atoms in total. The van der Waals surface area contributed by atoms with E-state index in [1.807, 2.05) is 6.07 Å². The van der Waals surface area contributed by atoms with Gasteiger partial charge in [-0.2, -0.15) is 0 Å². The first-order chi connectivity index (χ1) is 8.63. The van der Waals surface area contributed by atoms with Crippen molar-refractivity contribution in [3.05, 3.63) is 35.4 Å². The van der Waals surface area contributed by atoms with Crippen LogP contribution in [0.25, 0.3) is 0 Å². The molecule has 0 aliphatic heterocycles. The van der Waals surface area contributed by atoms with Gasteiger partial charge in [-0.25, -0.2) is 0 Å². The Morgan fingerprint density at radius 3 is 2.89 bits per heavy atom. The lowest BCUT2D eigenvalue weighted by Crippen LogP contribution is -2.36. The van der Waals surface area contributed by atoms with E-state index in [2.05, 4.69) is 42.7 Å². The van der Waals surface area contributed by atoms with Crippen molar-refractivity contribution in [1.29, 1.82) is 0 Å². The van der Waals surface area contributed by atoms with Gasteiger partial charge in [-0.15, -0.1) is 0 Å². The molecule has 1 aromatic carbocycles. The van der Waals surface area contributed by atoms with Gasteiger partial charge in [-0.05, 0) is 19.4 Å². The molecule has 0 aliphatic carbocycles. The van der Waals surface area contributed by atoms with Gasteiger partial charge >= 0.3 is 0 Å². The van der Waals surface area contributed by atoms with Crippen LogP contribution >= 0.6 is 0 Å². The number of rotatable bonds is 7. The van der Waals surface area contributed by atoms with E-state index in [-0.39, 0.29) is 11.9 Å². The van der Waals surface area contributed by atoms with Crippen LogP contribution in [0, 0.1) is 6.92 Å². The Labute approximate surface area is 109 Å². The number of benzene rings is 1. The standard InChI is InChI=1S/C14H22N2O2/c1-11-5-4-6-13(9-11)12(2)16-10-14(17)15-7-8-18-3/h4-6,9,12,16H,7-8,10H2,1-3H3,(H,15,17). The fraction of sp³-hybridized carbons (Fsp3) is 0.500. The van der Waals surface area contributed by atoms with Crippen molar-refractivity contribution in [3.63, 3.8) is 0 Å². The molecule has 0 saturated carbocycles. The van der Waals surface area contributed by atoms with Gasteiger partial charge in [0.2, 0.25) is 5.91 Å². The van der Waals surface area contributed by atoms with Crippen molar-refractivity contribution in [2.45, 2.75) is 19.9 Å². The Kier molecular flexibility index (Phi) is 6.39. The van der Waals surface area contributed by atoms with Gasteiger partial charge in [0.15, 0.2) is 0 Å². The van der Waals surface area contributed by atoms with E-state index in [9.17, 15) is 4.79 Å². The number of hydrogen-bond acceptors (Lipinski definition) is 3. The first-order valence-electron chi connectivity index (χ1n) is 6.19.